The summed E-state index contributed by atoms with van der Waals surface area (Å²) in [6.45, 7) is 5.76. The number of hydrogen-bond acceptors (Lipinski definition) is 3. The number of rotatable bonds is 10. The number of carbonyl (C=O) groups is 2. The third-order valence-electron chi connectivity index (χ3n) is 5.41. The molecule has 168 valence electrons. The van der Waals surface area contributed by atoms with Crippen molar-refractivity contribution >= 4 is 34.8 Å². The zero-order chi connectivity index (χ0) is 22.9. The molecule has 0 aliphatic rings. The lowest BCUT2D eigenvalue weighted by Crippen LogP contribution is -2.44. The first-order valence-corrected chi connectivity index (χ1v) is 12.1. The molecule has 0 bridgehead atoms. The van der Waals surface area contributed by atoms with E-state index < -0.39 is 0 Å². The van der Waals surface area contributed by atoms with Crippen LogP contribution in [0.25, 0.3) is 0 Å². The fourth-order valence-electron chi connectivity index (χ4n) is 3.42. The molecule has 1 unspecified atom stereocenters. The molecule has 1 heterocycles. The Morgan fingerprint density at radius 2 is 1.75 bits per heavy atom. The Morgan fingerprint density at radius 1 is 0.969 bits per heavy atom. The number of carbonyl (C=O) groups excluding carboxylic acids is 2. The van der Waals surface area contributed by atoms with Crippen molar-refractivity contribution in [1.29, 1.82) is 0 Å². The Bertz CT molecular complexity index is 1010. The van der Waals surface area contributed by atoms with Gasteiger partial charge in [0.15, 0.2) is 0 Å². The van der Waals surface area contributed by atoms with Gasteiger partial charge < -0.3 is 9.80 Å². The van der Waals surface area contributed by atoms with E-state index in [4.69, 9.17) is 11.6 Å². The molecule has 4 nitrogen and oxygen atoms in total. The highest BCUT2D eigenvalue weighted by molar-refractivity contribution is 7.09. The maximum Gasteiger partial charge on any atom is 0.254 e. The molecule has 0 saturated carbocycles. The Labute approximate surface area is 199 Å². The minimum absolute atomic E-state index is 0.0356. The summed E-state index contributed by atoms with van der Waals surface area (Å²) < 4.78 is 0. The van der Waals surface area contributed by atoms with Gasteiger partial charge in [0.2, 0.25) is 5.91 Å². The van der Waals surface area contributed by atoms with Crippen LogP contribution in [0.3, 0.4) is 0 Å². The van der Waals surface area contributed by atoms with Crippen LogP contribution in [0.1, 0.15) is 41.1 Å². The summed E-state index contributed by atoms with van der Waals surface area (Å²) in [4.78, 5) is 31.4. The number of thiophene rings is 1. The number of benzene rings is 2. The smallest absolute Gasteiger partial charge is 0.254 e. The average Bonchev–Trinajstić information content (AvgIpc) is 3.31. The van der Waals surface area contributed by atoms with Gasteiger partial charge in [0.05, 0.1) is 6.54 Å². The molecule has 0 aliphatic carbocycles. The number of amides is 2. The summed E-state index contributed by atoms with van der Waals surface area (Å²) >= 11 is 7.74. The molecule has 6 heteroatoms. The molecule has 1 aromatic heterocycles. The number of halogens is 1. The van der Waals surface area contributed by atoms with Crippen LogP contribution in [-0.2, 0) is 17.9 Å². The second-order valence-electron chi connectivity index (χ2n) is 8.02. The average molecular weight is 469 g/mol. The van der Waals surface area contributed by atoms with Gasteiger partial charge in [0, 0.05) is 28.6 Å². The van der Waals surface area contributed by atoms with E-state index in [2.05, 4.69) is 13.8 Å². The SMILES string of the molecule is CCC(C)CN(CC(=O)N(Cc1ccccc1)Cc1cccs1)C(=O)c1cccc(Cl)c1. The van der Waals surface area contributed by atoms with E-state index in [9.17, 15) is 9.59 Å². The Kier molecular flexibility index (Phi) is 8.89. The van der Waals surface area contributed by atoms with Gasteiger partial charge in [-0.2, -0.15) is 0 Å². The van der Waals surface area contributed by atoms with Crippen LogP contribution in [0.5, 0.6) is 0 Å². The molecule has 32 heavy (non-hydrogen) atoms. The fourth-order valence-corrected chi connectivity index (χ4v) is 4.33. The van der Waals surface area contributed by atoms with E-state index in [-0.39, 0.29) is 24.3 Å². The summed E-state index contributed by atoms with van der Waals surface area (Å²) in [6, 6.07) is 20.9. The summed E-state index contributed by atoms with van der Waals surface area (Å²) in [6.07, 6.45) is 0.927. The summed E-state index contributed by atoms with van der Waals surface area (Å²) in [7, 11) is 0. The Balaban J connectivity index is 1.81. The summed E-state index contributed by atoms with van der Waals surface area (Å²) in [5.41, 5.74) is 1.56. The highest BCUT2D eigenvalue weighted by Gasteiger charge is 2.24. The lowest BCUT2D eigenvalue weighted by atomic mass is 10.1. The van der Waals surface area contributed by atoms with E-state index >= 15 is 0 Å². The quantitative estimate of drug-likeness (QED) is 0.359. The molecular weight excluding hydrogens is 440 g/mol. The van der Waals surface area contributed by atoms with Crippen molar-refractivity contribution in [2.24, 2.45) is 5.92 Å². The van der Waals surface area contributed by atoms with Gasteiger partial charge in [0.1, 0.15) is 6.54 Å². The zero-order valence-electron chi connectivity index (χ0n) is 18.5. The van der Waals surface area contributed by atoms with Crippen molar-refractivity contribution in [2.45, 2.75) is 33.4 Å². The Hall–Kier alpha value is -2.63. The minimum Gasteiger partial charge on any atom is -0.332 e. The standard InChI is InChI=1S/C26H29ClN2O2S/c1-3-20(2)16-29(26(31)22-11-7-12-23(27)15-22)19-25(30)28(18-24-13-8-14-32-24)17-21-9-5-4-6-10-21/h4-15,20H,3,16-19H2,1-2H3. The molecule has 1 atom stereocenters. The van der Waals surface area contributed by atoms with Crippen molar-refractivity contribution in [3.8, 4) is 0 Å². The van der Waals surface area contributed by atoms with Crippen LogP contribution in [0.4, 0.5) is 0 Å². The predicted octanol–water partition coefficient (Wildman–Crippen LogP) is 6.12. The molecular formula is C26H29ClN2O2S. The van der Waals surface area contributed by atoms with Crippen molar-refractivity contribution in [3.63, 3.8) is 0 Å². The summed E-state index contributed by atoms with van der Waals surface area (Å²) in [5.74, 6) is 0.0451. The number of hydrogen-bond donors (Lipinski definition) is 0. The van der Waals surface area contributed by atoms with E-state index in [1.165, 1.54) is 0 Å². The van der Waals surface area contributed by atoms with E-state index in [0.29, 0.717) is 30.2 Å². The van der Waals surface area contributed by atoms with Crippen molar-refractivity contribution < 1.29 is 9.59 Å². The van der Waals surface area contributed by atoms with E-state index in [1.807, 2.05) is 52.7 Å². The highest BCUT2D eigenvalue weighted by atomic mass is 35.5. The second kappa shape index (κ2) is 11.8. The van der Waals surface area contributed by atoms with Crippen LogP contribution in [-0.4, -0.2) is 34.7 Å². The van der Waals surface area contributed by atoms with Gasteiger partial charge in [0.25, 0.3) is 5.91 Å². The van der Waals surface area contributed by atoms with Crippen molar-refractivity contribution in [3.05, 3.63) is 93.1 Å². The topological polar surface area (TPSA) is 40.6 Å². The van der Waals surface area contributed by atoms with Gasteiger partial charge >= 0.3 is 0 Å². The van der Waals surface area contributed by atoms with Crippen LogP contribution in [0.2, 0.25) is 5.02 Å². The first-order valence-electron chi connectivity index (χ1n) is 10.8. The van der Waals surface area contributed by atoms with Gasteiger partial charge in [-0.1, -0.05) is 74.3 Å². The van der Waals surface area contributed by atoms with Gasteiger partial charge in [-0.3, -0.25) is 9.59 Å². The van der Waals surface area contributed by atoms with E-state index in [0.717, 1.165) is 16.9 Å². The van der Waals surface area contributed by atoms with Crippen LogP contribution in [0, 0.1) is 5.92 Å². The third-order valence-corrected chi connectivity index (χ3v) is 6.51. The molecule has 3 rings (SSSR count). The molecule has 0 aliphatic heterocycles. The largest absolute Gasteiger partial charge is 0.332 e. The van der Waals surface area contributed by atoms with Crippen LogP contribution >= 0.6 is 22.9 Å². The van der Waals surface area contributed by atoms with Crippen LogP contribution < -0.4 is 0 Å². The molecule has 0 N–H and O–H groups in total. The fraction of sp³-hybridized carbons (Fsp3) is 0.308. The van der Waals surface area contributed by atoms with Gasteiger partial charge in [-0.25, -0.2) is 0 Å². The van der Waals surface area contributed by atoms with Crippen LogP contribution in [0.15, 0.2) is 72.1 Å². The van der Waals surface area contributed by atoms with Gasteiger partial charge in [-0.15, -0.1) is 11.3 Å². The molecule has 2 aromatic carbocycles. The molecule has 0 saturated heterocycles. The maximum atomic E-state index is 13.5. The molecule has 0 fully saturated rings. The van der Waals surface area contributed by atoms with E-state index in [1.54, 1.807) is 40.5 Å². The minimum atomic E-state index is -0.170. The molecule has 2 amide bonds. The van der Waals surface area contributed by atoms with Crippen molar-refractivity contribution in [2.75, 3.05) is 13.1 Å². The van der Waals surface area contributed by atoms with Crippen molar-refractivity contribution in [1.82, 2.24) is 9.80 Å². The first-order chi connectivity index (χ1) is 15.5. The molecule has 0 spiro atoms. The Morgan fingerprint density at radius 3 is 2.41 bits per heavy atom. The summed E-state index contributed by atoms with van der Waals surface area (Å²) in [5, 5.41) is 2.52. The molecule has 0 radical (unpaired) electrons. The van der Waals surface area contributed by atoms with Gasteiger partial charge in [-0.05, 0) is 41.1 Å². The first kappa shape index (κ1) is 24.0. The monoisotopic (exact) mass is 468 g/mol. The lowest BCUT2D eigenvalue weighted by Gasteiger charge is -2.29. The number of nitrogens with zero attached hydrogens (tertiary/aromatic N) is 2. The third kappa shape index (κ3) is 6.94. The maximum absolute atomic E-state index is 13.5. The zero-order valence-corrected chi connectivity index (χ0v) is 20.1. The normalized spacial score (nSPS) is 11.7. The molecule has 3 aromatic rings. The highest BCUT2D eigenvalue weighted by Crippen LogP contribution is 2.18. The lowest BCUT2D eigenvalue weighted by molar-refractivity contribution is -0.133. The predicted molar refractivity (Wildman–Crippen MR) is 132 cm³/mol. The second-order valence-corrected chi connectivity index (χ2v) is 9.49.